The summed E-state index contributed by atoms with van der Waals surface area (Å²) in [6, 6.07) is 0.132. The highest BCUT2D eigenvalue weighted by atomic mass is 15.1. The average Bonchev–Trinajstić information content (AvgIpc) is 2.97. The second-order valence-corrected chi connectivity index (χ2v) is 5.35. The van der Waals surface area contributed by atoms with Gasteiger partial charge in [0.05, 0.1) is 6.04 Å². The van der Waals surface area contributed by atoms with Crippen LogP contribution in [0.4, 0.5) is 0 Å². The molecule has 1 aliphatic carbocycles. The number of hydrogen-bond acceptors (Lipinski definition) is 2. The third kappa shape index (κ3) is 2.71. The normalized spacial score (nSPS) is 26.3. The molecule has 17 heavy (non-hydrogen) atoms. The minimum atomic E-state index is 0.132. The molecule has 2 N–H and O–H groups in total. The molecule has 0 aromatic carbocycles. The fraction of sp³-hybridized carbons (Fsp3) is 0.786. The second kappa shape index (κ2) is 5.67. The highest BCUT2D eigenvalue weighted by molar-refractivity contribution is 5.02. The van der Waals surface area contributed by atoms with Crippen LogP contribution in [-0.2, 0) is 6.54 Å². The first kappa shape index (κ1) is 12.6. The first-order valence-electron chi connectivity index (χ1n) is 7.02. The molecule has 1 aromatic rings. The van der Waals surface area contributed by atoms with Crippen LogP contribution in [0.1, 0.15) is 57.8 Å². The number of aromatic nitrogens is 2. The van der Waals surface area contributed by atoms with Gasteiger partial charge in [-0.3, -0.25) is 0 Å². The van der Waals surface area contributed by atoms with Crippen LogP contribution < -0.4 is 5.73 Å². The molecule has 3 unspecified atom stereocenters. The first-order chi connectivity index (χ1) is 8.26. The van der Waals surface area contributed by atoms with E-state index in [4.69, 9.17) is 5.73 Å². The Morgan fingerprint density at radius 3 is 2.94 bits per heavy atom. The van der Waals surface area contributed by atoms with Crippen molar-refractivity contribution >= 4 is 0 Å². The molecule has 0 bridgehead atoms. The molecule has 3 heteroatoms. The van der Waals surface area contributed by atoms with Crippen LogP contribution in [0.15, 0.2) is 12.4 Å². The maximum atomic E-state index is 6.41. The molecular formula is C14H25N3. The molecule has 1 saturated carbocycles. The van der Waals surface area contributed by atoms with E-state index in [-0.39, 0.29) is 6.04 Å². The van der Waals surface area contributed by atoms with Crippen LogP contribution in [0, 0.1) is 11.8 Å². The molecule has 1 heterocycles. The van der Waals surface area contributed by atoms with E-state index < -0.39 is 0 Å². The molecule has 3 nitrogen and oxygen atoms in total. The van der Waals surface area contributed by atoms with E-state index in [0.717, 1.165) is 24.7 Å². The number of nitrogens with zero attached hydrogens (tertiary/aromatic N) is 2. The highest BCUT2D eigenvalue weighted by Gasteiger charge is 2.30. The maximum absolute atomic E-state index is 6.41. The SMILES string of the molecule is CCCn1ccnc1C(N)C1CCC(CC)C1. The van der Waals surface area contributed by atoms with Crippen LogP contribution in [0.2, 0.25) is 0 Å². The Balaban J connectivity index is 2.03. The Morgan fingerprint density at radius 2 is 2.29 bits per heavy atom. The summed E-state index contributed by atoms with van der Waals surface area (Å²) in [6.45, 7) is 5.52. The van der Waals surface area contributed by atoms with E-state index in [9.17, 15) is 0 Å². The van der Waals surface area contributed by atoms with E-state index in [1.54, 1.807) is 0 Å². The molecule has 3 atom stereocenters. The summed E-state index contributed by atoms with van der Waals surface area (Å²) in [5.41, 5.74) is 6.41. The summed E-state index contributed by atoms with van der Waals surface area (Å²) < 4.78 is 2.23. The van der Waals surface area contributed by atoms with Gasteiger partial charge in [-0.25, -0.2) is 4.98 Å². The van der Waals surface area contributed by atoms with E-state index in [1.165, 1.54) is 25.7 Å². The van der Waals surface area contributed by atoms with Gasteiger partial charge in [-0.05, 0) is 31.1 Å². The van der Waals surface area contributed by atoms with E-state index in [0.29, 0.717) is 5.92 Å². The summed E-state index contributed by atoms with van der Waals surface area (Å²) in [4.78, 5) is 4.47. The summed E-state index contributed by atoms with van der Waals surface area (Å²) in [5.74, 6) is 2.62. The molecule has 0 spiro atoms. The quantitative estimate of drug-likeness (QED) is 0.852. The van der Waals surface area contributed by atoms with Gasteiger partial charge in [0, 0.05) is 18.9 Å². The summed E-state index contributed by atoms with van der Waals surface area (Å²) in [7, 11) is 0. The number of rotatable bonds is 5. The van der Waals surface area contributed by atoms with Crippen molar-refractivity contribution in [2.24, 2.45) is 17.6 Å². The summed E-state index contributed by atoms with van der Waals surface area (Å²) in [5, 5.41) is 0. The molecule has 0 aliphatic heterocycles. The molecule has 0 radical (unpaired) electrons. The van der Waals surface area contributed by atoms with Gasteiger partial charge in [0.25, 0.3) is 0 Å². The Kier molecular flexibility index (Phi) is 4.21. The predicted octanol–water partition coefficient (Wildman–Crippen LogP) is 3.12. The first-order valence-corrected chi connectivity index (χ1v) is 7.02. The smallest absolute Gasteiger partial charge is 0.125 e. The molecular weight excluding hydrogens is 210 g/mol. The Hall–Kier alpha value is -0.830. The van der Waals surface area contributed by atoms with E-state index >= 15 is 0 Å². The zero-order valence-electron chi connectivity index (χ0n) is 11.1. The van der Waals surface area contributed by atoms with Crippen LogP contribution in [0.5, 0.6) is 0 Å². The zero-order valence-corrected chi connectivity index (χ0v) is 11.1. The second-order valence-electron chi connectivity index (χ2n) is 5.35. The lowest BCUT2D eigenvalue weighted by molar-refractivity contribution is 0.391. The predicted molar refractivity (Wildman–Crippen MR) is 70.6 cm³/mol. The summed E-state index contributed by atoms with van der Waals surface area (Å²) in [6.07, 6.45) is 10.3. The van der Waals surface area contributed by atoms with Gasteiger partial charge in [-0.1, -0.05) is 26.7 Å². The number of hydrogen-bond donors (Lipinski definition) is 1. The van der Waals surface area contributed by atoms with Crippen molar-refractivity contribution in [2.75, 3.05) is 0 Å². The van der Waals surface area contributed by atoms with Crippen molar-refractivity contribution in [3.05, 3.63) is 18.2 Å². The average molecular weight is 235 g/mol. The van der Waals surface area contributed by atoms with Gasteiger partial charge in [0.15, 0.2) is 0 Å². The van der Waals surface area contributed by atoms with Crippen LogP contribution in [-0.4, -0.2) is 9.55 Å². The Morgan fingerprint density at radius 1 is 1.47 bits per heavy atom. The largest absolute Gasteiger partial charge is 0.334 e. The fourth-order valence-corrected chi connectivity index (χ4v) is 3.07. The van der Waals surface area contributed by atoms with Gasteiger partial charge in [0.1, 0.15) is 5.82 Å². The van der Waals surface area contributed by atoms with Crippen molar-refractivity contribution in [2.45, 2.75) is 58.5 Å². The third-order valence-electron chi connectivity index (χ3n) is 4.18. The standard InChI is InChI=1S/C14H25N3/c1-3-8-17-9-7-16-14(17)13(15)12-6-5-11(4-2)10-12/h7,9,11-13H,3-6,8,10,15H2,1-2H3. The van der Waals surface area contributed by atoms with Crippen molar-refractivity contribution in [1.29, 1.82) is 0 Å². The van der Waals surface area contributed by atoms with E-state index in [2.05, 4.69) is 29.6 Å². The Labute approximate surface area is 104 Å². The molecule has 1 aliphatic rings. The molecule has 0 saturated heterocycles. The lowest BCUT2D eigenvalue weighted by atomic mass is 9.96. The minimum absolute atomic E-state index is 0.132. The van der Waals surface area contributed by atoms with Crippen molar-refractivity contribution in [1.82, 2.24) is 9.55 Å². The number of imidazole rings is 1. The Bertz CT molecular complexity index is 345. The number of nitrogens with two attached hydrogens (primary N) is 1. The van der Waals surface area contributed by atoms with Crippen LogP contribution >= 0.6 is 0 Å². The summed E-state index contributed by atoms with van der Waals surface area (Å²) >= 11 is 0. The molecule has 1 aromatic heterocycles. The third-order valence-corrected chi connectivity index (χ3v) is 4.18. The topological polar surface area (TPSA) is 43.8 Å². The van der Waals surface area contributed by atoms with E-state index in [1.807, 2.05) is 6.20 Å². The number of aryl methyl sites for hydroxylation is 1. The monoisotopic (exact) mass is 235 g/mol. The molecule has 0 amide bonds. The van der Waals surface area contributed by atoms with Crippen LogP contribution in [0.25, 0.3) is 0 Å². The van der Waals surface area contributed by atoms with Gasteiger partial charge >= 0.3 is 0 Å². The lowest BCUT2D eigenvalue weighted by Gasteiger charge is -2.20. The molecule has 96 valence electrons. The highest BCUT2D eigenvalue weighted by Crippen LogP contribution is 2.38. The molecule has 2 rings (SSSR count). The van der Waals surface area contributed by atoms with Crippen molar-refractivity contribution < 1.29 is 0 Å². The van der Waals surface area contributed by atoms with Crippen LogP contribution in [0.3, 0.4) is 0 Å². The lowest BCUT2D eigenvalue weighted by Crippen LogP contribution is -2.23. The molecule has 1 fully saturated rings. The van der Waals surface area contributed by atoms with Gasteiger partial charge in [0.2, 0.25) is 0 Å². The van der Waals surface area contributed by atoms with Crippen molar-refractivity contribution in [3.8, 4) is 0 Å². The fourth-order valence-electron chi connectivity index (χ4n) is 3.07. The maximum Gasteiger partial charge on any atom is 0.125 e. The van der Waals surface area contributed by atoms with Gasteiger partial charge in [-0.15, -0.1) is 0 Å². The van der Waals surface area contributed by atoms with Crippen molar-refractivity contribution in [3.63, 3.8) is 0 Å². The van der Waals surface area contributed by atoms with Gasteiger partial charge < -0.3 is 10.3 Å². The zero-order chi connectivity index (χ0) is 12.3. The van der Waals surface area contributed by atoms with Gasteiger partial charge in [-0.2, -0.15) is 0 Å². The minimum Gasteiger partial charge on any atom is -0.334 e.